The predicted molar refractivity (Wildman–Crippen MR) is 34.8 cm³/mol. The van der Waals surface area contributed by atoms with E-state index in [1.165, 1.54) is 18.3 Å². The average molecular weight is 155 g/mol. The standard InChI is InChI=1S/C6H5NO4/c8-5(9)4-2-1-3-7(4)6(10)11/h1-3H,(H,8,9)(H,10,11). The SMILES string of the molecule is O=C(O)c1cccn1C(=O)O. The Bertz CT molecular complexity index is 273. The summed E-state index contributed by atoms with van der Waals surface area (Å²) in [6.45, 7) is 0. The molecule has 0 amide bonds. The first-order chi connectivity index (χ1) is 5.13. The van der Waals surface area contributed by atoms with Crippen LogP contribution < -0.4 is 0 Å². The minimum absolute atomic E-state index is 0.252. The molecular weight excluding hydrogens is 150 g/mol. The molecule has 2 N–H and O–H groups in total. The predicted octanol–water partition coefficient (Wildman–Crippen LogP) is 0.712. The van der Waals surface area contributed by atoms with Gasteiger partial charge >= 0.3 is 12.1 Å². The molecule has 0 aliphatic heterocycles. The minimum Gasteiger partial charge on any atom is -0.477 e. The summed E-state index contributed by atoms with van der Waals surface area (Å²) >= 11 is 0. The molecule has 1 aromatic rings. The second kappa shape index (κ2) is 2.45. The van der Waals surface area contributed by atoms with Crippen molar-refractivity contribution >= 4 is 12.1 Å². The van der Waals surface area contributed by atoms with Crippen LogP contribution in [0.3, 0.4) is 0 Å². The Morgan fingerprint density at radius 1 is 1.36 bits per heavy atom. The van der Waals surface area contributed by atoms with Crippen molar-refractivity contribution in [2.24, 2.45) is 0 Å². The number of hydrogen-bond donors (Lipinski definition) is 2. The summed E-state index contributed by atoms with van der Waals surface area (Å²) in [5.41, 5.74) is -0.252. The Kier molecular flexibility index (Phi) is 1.63. The van der Waals surface area contributed by atoms with Gasteiger partial charge in [0.25, 0.3) is 0 Å². The van der Waals surface area contributed by atoms with Crippen molar-refractivity contribution in [3.8, 4) is 0 Å². The fourth-order valence-electron chi connectivity index (χ4n) is 0.722. The number of rotatable bonds is 1. The molecule has 5 heteroatoms. The second-order valence-corrected chi connectivity index (χ2v) is 1.85. The quantitative estimate of drug-likeness (QED) is 0.625. The van der Waals surface area contributed by atoms with Crippen LogP contribution in [0, 0.1) is 0 Å². The lowest BCUT2D eigenvalue weighted by Gasteiger charge is -1.96. The number of carbonyl (C=O) groups is 2. The second-order valence-electron chi connectivity index (χ2n) is 1.85. The normalized spacial score (nSPS) is 9.45. The number of carboxylic acids is 1. The molecule has 0 spiro atoms. The zero-order valence-electron chi connectivity index (χ0n) is 5.39. The first kappa shape index (κ1) is 7.33. The number of aromatic carboxylic acids is 1. The van der Waals surface area contributed by atoms with Gasteiger partial charge in [0.1, 0.15) is 5.69 Å². The van der Waals surface area contributed by atoms with Gasteiger partial charge in [-0.1, -0.05) is 0 Å². The zero-order valence-corrected chi connectivity index (χ0v) is 5.39. The molecule has 1 heterocycles. The molecule has 58 valence electrons. The lowest BCUT2D eigenvalue weighted by molar-refractivity contribution is 0.0684. The van der Waals surface area contributed by atoms with Crippen LogP contribution >= 0.6 is 0 Å². The molecule has 0 saturated carbocycles. The average Bonchev–Trinajstić information content (AvgIpc) is 2.32. The molecule has 5 nitrogen and oxygen atoms in total. The molecule has 1 rings (SSSR count). The van der Waals surface area contributed by atoms with Gasteiger partial charge < -0.3 is 10.2 Å². The van der Waals surface area contributed by atoms with Gasteiger partial charge in [-0.15, -0.1) is 0 Å². The fourth-order valence-corrected chi connectivity index (χ4v) is 0.722. The van der Waals surface area contributed by atoms with E-state index in [4.69, 9.17) is 10.2 Å². The van der Waals surface area contributed by atoms with E-state index in [1.807, 2.05) is 0 Å². The molecule has 0 radical (unpaired) electrons. The smallest absolute Gasteiger partial charge is 0.416 e. The van der Waals surface area contributed by atoms with Crippen LogP contribution in [-0.2, 0) is 0 Å². The molecular formula is C6H5NO4. The summed E-state index contributed by atoms with van der Waals surface area (Å²) < 4.78 is 0.641. The van der Waals surface area contributed by atoms with Crippen molar-refractivity contribution in [2.75, 3.05) is 0 Å². The van der Waals surface area contributed by atoms with Gasteiger partial charge in [0.2, 0.25) is 0 Å². The van der Waals surface area contributed by atoms with Crippen molar-refractivity contribution in [1.82, 2.24) is 4.57 Å². The highest BCUT2D eigenvalue weighted by molar-refractivity contribution is 5.90. The lowest BCUT2D eigenvalue weighted by Crippen LogP contribution is -2.13. The Morgan fingerprint density at radius 2 is 2.00 bits per heavy atom. The number of hydrogen-bond acceptors (Lipinski definition) is 2. The van der Waals surface area contributed by atoms with E-state index in [0.29, 0.717) is 4.57 Å². The maximum atomic E-state index is 10.3. The third-order valence-corrected chi connectivity index (χ3v) is 1.17. The van der Waals surface area contributed by atoms with E-state index in [2.05, 4.69) is 0 Å². The zero-order chi connectivity index (χ0) is 8.43. The van der Waals surface area contributed by atoms with E-state index >= 15 is 0 Å². The third-order valence-electron chi connectivity index (χ3n) is 1.17. The van der Waals surface area contributed by atoms with Crippen molar-refractivity contribution < 1.29 is 19.8 Å². The molecule has 0 saturated heterocycles. The summed E-state index contributed by atoms with van der Waals surface area (Å²) in [7, 11) is 0. The molecule has 0 aliphatic rings. The lowest BCUT2D eigenvalue weighted by atomic mass is 10.4. The first-order valence-electron chi connectivity index (χ1n) is 2.77. The summed E-state index contributed by atoms with van der Waals surface area (Å²) in [5, 5.41) is 16.8. The largest absolute Gasteiger partial charge is 0.477 e. The van der Waals surface area contributed by atoms with E-state index < -0.39 is 12.1 Å². The van der Waals surface area contributed by atoms with Crippen molar-refractivity contribution in [3.05, 3.63) is 24.0 Å². The van der Waals surface area contributed by atoms with Crippen molar-refractivity contribution in [3.63, 3.8) is 0 Å². The molecule has 11 heavy (non-hydrogen) atoms. The topological polar surface area (TPSA) is 79.5 Å². The van der Waals surface area contributed by atoms with Gasteiger partial charge in [-0.3, -0.25) is 0 Å². The van der Waals surface area contributed by atoms with Gasteiger partial charge in [0, 0.05) is 6.20 Å². The molecule has 0 aliphatic carbocycles. The van der Waals surface area contributed by atoms with Crippen LogP contribution in [0.15, 0.2) is 18.3 Å². The highest BCUT2D eigenvalue weighted by Gasteiger charge is 2.12. The number of aromatic nitrogens is 1. The summed E-state index contributed by atoms with van der Waals surface area (Å²) in [6.07, 6.45) is -0.126. The summed E-state index contributed by atoms with van der Waals surface area (Å²) in [5.74, 6) is -1.25. The first-order valence-corrected chi connectivity index (χ1v) is 2.77. The maximum absolute atomic E-state index is 10.3. The van der Waals surface area contributed by atoms with Gasteiger partial charge in [0.05, 0.1) is 0 Å². The fraction of sp³-hybridized carbons (Fsp3) is 0. The Labute approximate surface area is 61.5 Å². The van der Waals surface area contributed by atoms with E-state index in [0.717, 1.165) is 0 Å². The van der Waals surface area contributed by atoms with Gasteiger partial charge in [-0.25, -0.2) is 14.2 Å². The molecule has 0 aromatic carbocycles. The van der Waals surface area contributed by atoms with E-state index in [-0.39, 0.29) is 5.69 Å². The Hall–Kier alpha value is -1.78. The van der Waals surface area contributed by atoms with Crippen LogP contribution in [0.25, 0.3) is 0 Å². The Morgan fingerprint density at radius 3 is 2.36 bits per heavy atom. The third kappa shape index (κ3) is 1.21. The number of nitrogens with zero attached hydrogens (tertiary/aromatic N) is 1. The summed E-state index contributed by atoms with van der Waals surface area (Å²) in [4.78, 5) is 20.6. The molecule has 1 aromatic heterocycles. The molecule has 0 fully saturated rings. The van der Waals surface area contributed by atoms with E-state index in [1.54, 1.807) is 0 Å². The summed E-state index contributed by atoms with van der Waals surface area (Å²) in [6, 6.07) is 2.58. The van der Waals surface area contributed by atoms with Gasteiger partial charge in [-0.05, 0) is 12.1 Å². The van der Waals surface area contributed by atoms with E-state index in [9.17, 15) is 9.59 Å². The van der Waals surface area contributed by atoms with Gasteiger partial charge in [0.15, 0.2) is 0 Å². The highest BCUT2D eigenvalue weighted by atomic mass is 16.4. The minimum atomic E-state index is -1.30. The van der Waals surface area contributed by atoms with Crippen LogP contribution in [0.2, 0.25) is 0 Å². The number of carboxylic acid groups (broad SMARTS) is 2. The van der Waals surface area contributed by atoms with Crippen LogP contribution in [0.4, 0.5) is 4.79 Å². The Balaban J connectivity index is 3.16. The molecule has 0 unspecified atom stereocenters. The molecule has 0 bridgehead atoms. The van der Waals surface area contributed by atoms with Crippen LogP contribution in [0.1, 0.15) is 10.5 Å². The van der Waals surface area contributed by atoms with Crippen LogP contribution in [0.5, 0.6) is 0 Å². The maximum Gasteiger partial charge on any atom is 0.416 e. The van der Waals surface area contributed by atoms with Crippen molar-refractivity contribution in [2.45, 2.75) is 0 Å². The molecule has 0 atom stereocenters. The van der Waals surface area contributed by atoms with Crippen LogP contribution in [-0.4, -0.2) is 26.8 Å². The highest BCUT2D eigenvalue weighted by Crippen LogP contribution is 2.00. The van der Waals surface area contributed by atoms with Gasteiger partial charge in [-0.2, -0.15) is 0 Å². The monoisotopic (exact) mass is 155 g/mol. The van der Waals surface area contributed by atoms with Crippen molar-refractivity contribution in [1.29, 1.82) is 0 Å².